The summed E-state index contributed by atoms with van der Waals surface area (Å²) in [7, 11) is 0. The minimum atomic E-state index is -0.848. The van der Waals surface area contributed by atoms with Crippen molar-refractivity contribution in [3.05, 3.63) is 63.1 Å². The fourth-order valence-electron chi connectivity index (χ4n) is 1.48. The lowest BCUT2D eigenvalue weighted by Crippen LogP contribution is -2.14. The van der Waals surface area contributed by atoms with E-state index in [9.17, 15) is 13.6 Å². The third-order valence-electron chi connectivity index (χ3n) is 2.40. The molecule has 0 spiro atoms. The van der Waals surface area contributed by atoms with E-state index in [2.05, 4.69) is 21.2 Å². The molecule has 2 aromatic rings. The molecule has 0 saturated heterocycles. The summed E-state index contributed by atoms with van der Waals surface area (Å²) in [6.07, 6.45) is 0. The number of carbonyl (C=O) groups excluding carboxylic acids is 1. The number of benzene rings is 2. The molecule has 2 rings (SSSR count). The van der Waals surface area contributed by atoms with Gasteiger partial charge in [-0.1, -0.05) is 23.7 Å². The predicted octanol–water partition coefficient (Wildman–Crippen LogP) is 4.63. The van der Waals surface area contributed by atoms with E-state index in [-0.39, 0.29) is 10.6 Å². The maximum atomic E-state index is 13.4. The Hall–Kier alpha value is -1.46. The van der Waals surface area contributed by atoms with Gasteiger partial charge in [-0.05, 0) is 40.2 Å². The smallest absolute Gasteiger partial charge is 0.257 e. The summed E-state index contributed by atoms with van der Waals surface area (Å²) in [5, 5.41) is 2.35. The quantitative estimate of drug-likeness (QED) is 0.844. The van der Waals surface area contributed by atoms with Crippen molar-refractivity contribution in [3.8, 4) is 0 Å². The highest BCUT2D eigenvalue weighted by Crippen LogP contribution is 2.27. The minimum Gasteiger partial charge on any atom is -0.317 e. The second kappa shape index (κ2) is 5.67. The van der Waals surface area contributed by atoms with Crippen LogP contribution in [0.15, 0.2) is 40.9 Å². The molecule has 0 aliphatic rings. The fourth-order valence-corrected chi connectivity index (χ4v) is 2.06. The zero-order valence-electron chi connectivity index (χ0n) is 9.38. The summed E-state index contributed by atoms with van der Waals surface area (Å²) in [6.45, 7) is 0. The van der Waals surface area contributed by atoms with Gasteiger partial charge in [-0.25, -0.2) is 8.78 Å². The van der Waals surface area contributed by atoms with Gasteiger partial charge in [0, 0.05) is 4.47 Å². The molecular formula is C13H7BrClF2NO. The Morgan fingerprint density at radius 2 is 1.68 bits per heavy atom. The Morgan fingerprint density at radius 1 is 1.11 bits per heavy atom. The van der Waals surface area contributed by atoms with Crippen molar-refractivity contribution < 1.29 is 13.6 Å². The summed E-state index contributed by atoms with van der Waals surface area (Å²) in [5.74, 6) is -2.38. The Morgan fingerprint density at radius 3 is 2.32 bits per heavy atom. The molecular weight excluding hydrogens is 340 g/mol. The first-order valence-corrected chi connectivity index (χ1v) is 6.37. The monoisotopic (exact) mass is 345 g/mol. The minimum absolute atomic E-state index is 0.124. The molecule has 0 heterocycles. The third kappa shape index (κ3) is 2.93. The highest BCUT2D eigenvalue weighted by atomic mass is 79.9. The van der Waals surface area contributed by atoms with Crippen LogP contribution in [-0.4, -0.2) is 5.91 Å². The van der Waals surface area contributed by atoms with Crippen LogP contribution in [0, 0.1) is 11.6 Å². The van der Waals surface area contributed by atoms with Gasteiger partial charge in [0.2, 0.25) is 0 Å². The number of hydrogen-bond donors (Lipinski definition) is 1. The van der Waals surface area contributed by atoms with Crippen LogP contribution in [0.5, 0.6) is 0 Å². The molecule has 0 unspecified atom stereocenters. The third-order valence-corrected chi connectivity index (χ3v) is 3.69. The van der Waals surface area contributed by atoms with Crippen LogP contribution in [0.2, 0.25) is 5.02 Å². The van der Waals surface area contributed by atoms with E-state index < -0.39 is 23.2 Å². The molecule has 98 valence electrons. The van der Waals surface area contributed by atoms with Crippen LogP contribution in [-0.2, 0) is 0 Å². The fraction of sp³-hybridized carbons (Fsp3) is 0. The molecule has 2 nitrogen and oxygen atoms in total. The van der Waals surface area contributed by atoms with Gasteiger partial charge < -0.3 is 5.32 Å². The van der Waals surface area contributed by atoms with Crippen LogP contribution in [0.4, 0.5) is 14.5 Å². The van der Waals surface area contributed by atoms with Crippen LogP contribution in [0.25, 0.3) is 0 Å². The molecule has 2 aromatic carbocycles. The van der Waals surface area contributed by atoms with E-state index in [4.69, 9.17) is 11.6 Å². The van der Waals surface area contributed by atoms with Gasteiger partial charge in [0.25, 0.3) is 5.91 Å². The summed E-state index contributed by atoms with van der Waals surface area (Å²) in [6, 6.07) is 8.04. The number of carbonyl (C=O) groups is 1. The molecule has 0 atom stereocenters. The molecule has 19 heavy (non-hydrogen) atoms. The molecule has 1 amide bonds. The van der Waals surface area contributed by atoms with Gasteiger partial charge in [-0.3, -0.25) is 4.79 Å². The van der Waals surface area contributed by atoms with Crippen molar-refractivity contribution in [2.45, 2.75) is 0 Å². The number of halogens is 4. The number of amides is 1. The van der Waals surface area contributed by atoms with E-state index >= 15 is 0 Å². The van der Waals surface area contributed by atoms with Crippen molar-refractivity contribution in [1.29, 1.82) is 0 Å². The summed E-state index contributed by atoms with van der Waals surface area (Å²) >= 11 is 9.11. The maximum absolute atomic E-state index is 13.4. The molecule has 0 fully saturated rings. The van der Waals surface area contributed by atoms with E-state index in [0.29, 0.717) is 4.47 Å². The van der Waals surface area contributed by atoms with Crippen molar-refractivity contribution in [2.24, 2.45) is 0 Å². The topological polar surface area (TPSA) is 29.1 Å². The summed E-state index contributed by atoms with van der Waals surface area (Å²) in [5.41, 5.74) is -0.373. The molecule has 0 aliphatic heterocycles. The number of hydrogen-bond acceptors (Lipinski definition) is 1. The summed E-state index contributed by atoms with van der Waals surface area (Å²) in [4.78, 5) is 11.9. The average molecular weight is 347 g/mol. The Balaban J connectivity index is 2.34. The standard InChI is InChI=1S/C13H7BrClF2NO/c14-8-4-1-3-7(11(8)15)13(19)18-12-9(16)5-2-6-10(12)17/h1-6H,(H,18,19). The number of nitrogens with one attached hydrogen (secondary N) is 1. The molecule has 1 N–H and O–H groups in total. The van der Waals surface area contributed by atoms with Crippen LogP contribution < -0.4 is 5.32 Å². The number of para-hydroxylation sites is 1. The van der Waals surface area contributed by atoms with Gasteiger partial charge in [0.15, 0.2) is 0 Å². The largest absolute Gasteiger partial charge is 0.317 e. The van der Waals surface area contributed by atoms with Crippen LogP contribution in [0.3, 0.4) is 0 Å². The Bertz CT molecular complexity index is 628. The van der Waals surface area contributed by atoms with Crippen molar-refractivity contribution >= 4 is 39.1 Å². The zero-order chi connectivity index (χ0) is 14.0. The van der Waals surface area contributed by atoms with Crippen molar-refractivity contribution in [2.75, 3.05) is 5.32 Å². The lowest BCUT2D eigenvalue weighted by Gasteiger charge is -2.09. The number of anilines is 1. The average Bonchev–Trinajstić information content (AvgIpc) is 2.37. The van der Waals surface area contributed by atoms with Crippen molar-refractivity contribution in [1.82, 2.24) is 0 Å². The molecule has 0 saturated carbocycles. The van der Waals surface area contributed by atoms with E-state index in [1.54, 1.807) is 12.1 Å². The van der Waals surface area contributed by atoms with E-state index in [1.165, 1.54) is 12.1 Å². The zero-order valence-corrected chi connectivity index (χ0v) is 11.7. The Labute approximate surface area is 121 Å². The lowest BCUT2D eigenvalue weighted by molar-refractivity contribution is 0.102. The highest BCUT2D eigenvalue weighted by Gasteiger charge is 2.16. The second-order valence-electron chi connectivity index (χ2n) is 3.65. The molecule has 0 aromatic heterocycles. The predicted molar refractivity (Wildman–Crippen MR) is 73.5 cm³/mol. The van der Waals surface area contributed by atoms with Gasteiger partial charge in [0.05, 0.1) is 10.6 Å². The molecule has 0 radical (unpaired) electrons. The van der Waals surface area contributed by atoms with Gasteiger partial charge in [-0.2, -0.15) is 0 Å². The van der Waals surface area contributed by atoms with Crippen LogP contribution in [0.1, 0.15) is 10.4 Å². The maximum Gasteiger partial charge on any atom is 0.257 e. The molecule has 0 bridgehead atoms. The van der Waals surface area contributed by atoms with Gasteiger partial charge in [-0.15, -0.1) is 0 Å². The second-order valence-corrected chi connectivity index (χ2v) is 4.88. The lowest BCUT2D eigenvalue weighted by atomic mass is 10.2. The highest BCUT2D eigenvalue weighted by molar-refractivity contribution is 9.10. The SMILES string of the molecule is O=C(Nc1c(F)cccc1F)c1cccc(Br)c1Cl. The first-order valence-electron chi connectivity index (χ1n) is 5.20. The normalized spacial score (nSPS) is 10.3. The van der Waals surface area contributed by atoms with Crippen LogP contribution >= 0.6 is 27.5 Å². The van der Waals surface area contributed by atoms with Gasteiger partial charge in [0.1, 0.15) is 17.3 Å². The first kappa shape index (κ1) is 14.0. The molecule has 6 heteroatoms. The first-order chi connectivity index (χ1) is 9.00. The summed E-state index contributed by atoms with van der Waals surface area (Å²) < 4.78 is 27.3. The molecule has 0 aliphatic carbocycles. The van der Waals surface area contributed by atoms with E-state index in [0.717, 1.165) is 12.1 Å². The Kier molecular flexibility index (Phi) is 4.17. The van der Waals surface area contributed by atoms with Crippen molar-refractivity contribution in [3.63, 3.8) is 0 Å². The van der Waals surface area contributed by atoms with E-state index in [1.807, 2.05) is 0 Å². The van der Waals surface area contributed by atoms with Gasteiger partial charge >= 0.3 is 0 Å². The number of rotatable bonds is 2.